The number of rotatable bonds is 3. The molecule has 0 saturated heterocycles. The van der Waals surface area contributed by atoms with Crippen molar-refractivity contribution in [3.63, 3.8) is 0 Å². The molecule has 1 unspecified atom stereocenters. The number of anilines is 1. The van der Waals surface area contributed by atoms with Gasteiger partial charge in [0.15, 0.2) is 5.92 Å². The number of amides is 1. The zero-order valence-corrected chi connectivity index (χ0v) is 16.9. The van der Waals surface area contributed by atoms with E-state index in [-0.39, 0.29) is 16.8 Å². The van der Waals surface area contributed by atoms with Crippen LogP contribution in [0.1, 0.15) is 36.9 Å². The third-order valence-electron chi connectivity index (χ3n) is 4.86. The van der Waals surface area contributed by atoms with Gasteiger partial charge in [-0.1, -0.05) is 50.2 Å². The fourth-order valence-electron chi connectivity index (χ4n) is 3.47. The summed E-state index contributed by atoms with van der Waals surface area (Å²) in [6, 6.07) is 11.7. The first-order chi connectivity index (χ1) is 13.9. The molecule has 30 heavy (non-hydrogen) atoms. The Balaban J connectivity index is 2.09. The number of fused-ring (bicyclic) bond motifs is 1. The molecule has 1 aliphatic heterocycles. The Morgan fingerprint density at radius 2 is 1.60 bits per heavy atom. The summed E-state index contributed by atoms with van der Waals surface area (Å²) < 4.78 is 78.8. The van der Waals surface area contributed by atoms with Crippen LogP contribution in [0, 0.1) is 5.92 Å². The summed E-state index contributed by atoms with van der Waals surface area (Å²) in [4.78, 5) is 14.7. The molecule has 0 N–H and O–H groups in total. The number of alkyl halides is 6. The maximum absolute atomic E-state index is 13.1. The van der Waals surface area contributed by atoms with E-state index in [1.807, 2.05) is 30.3 Å². The molecule has 0 spiro atoms. The highest BCUT2D eigenvalue weighted by molar-refractivity contribution is 7.99. The van der Waals surface area contributed by atoms with Crippen molar-refractivity contribution < 1.29 is 31.1 Å². The minimum absolute atomic E-state index is 0.229. The number of hydrogen-bond acceptors (Lipinski definition) is 2. The van der Waals surface area contributed by atoms with Crippen LogP contribution in [0.15, 0.2) is 53.4 Å². The van der Waals surface area contributed by atoms with Gasteiger partial charge in [0, 0.05) is 16.6 Å². The standard InChI is InChI=1S/C21H19F6NOS/c1-12(2)19(29)28-15-9-8-14(18(20(22,23)24)21(25,26)27)10-17(15)30-11-16(28)13-6-4-3-5-7-13/h3-10,12,16,18H,11H2,1-2H3. The van der Waals surface area contributed by atoms with Crippen molar-refractivity contribution in [2.75, 3.05) is 10.7 Å². The van der Waals surface area contributed by atoms with Crippen LogP contribution in [-0.4, -0.2) is 24.0 Å². The largest absolute Gasteiger partial charge is 0.404 e. The molecular weight excluding hydrogens is 428 g/mol. The van der Waals surface area contributed by atoms with Crippen molar-refractivity contribution >= 4 is 23.4 Å². The van der Waals surface area contributed by atoms with Crippen LogP contribution < -0.4 is 4.90 Å². The van der Waals surface area contributed by atoms with Gasteiger partial charge in [-0.15, -0.1) is 11.8 Å². The Labute approximate surface area is 174 Å². The van der Waals surface area contributed by atoms with Gasteiger partial charge in [0.25, 0.3) is 0 Å². The van der Waals surface area contributed by atoms with Crippen molar-refractivity contribution in [3.05, 3.63) is 59.7 Å². The zero-order chi connectivity index (χ0) is 22.3. The van der Waals surface area contributed by atoms with Crippen molar-refractivity contribution in [3.8, 4) is 0 Å². The minimum atomic E-state index is -5.47. The first kappa shape index (κ1) is 22.5. The number of halogens is 6. The van der Waals surface area contributed by atoms with Gasteiger partial charge in [0.1, 0.15) is 0 Å². The van der Waals surface area contributed by atoms with Crippen LogP contribution in [0.3, 0.4) is 0 Å². The molecule has 1 atom stereocenters. The fraction of sp³-hybridized carbons (Fsp3) is 0.381. The first-order valence-electron chi connectivity index (χ1n) is 9.19. The minimum Gasteiger partial charge on any atom is -0.303 e. The highest BCUT2D eigenvalue weighted by atomic mass is 32.2. The number of carbonyl (C=O) groups excluding carboxylic acids is 1. The Hall–Kier alpha value is -2.16. The molecule has 0 aliphatic carbocycles. The Bertz CT molecular complexity index is 896. The Morgan fingerprint density at radius 1 is 1.00 bits per heavy atom. The van der Waals surface area contributed by atoms with Gasteiger partial charge in [-0.25, -0.2) is 0 Å². The monoisotopic (exact) mass is 447 g/mol. The van der Waals surface area contributed by atoms with Gasteiger partial charge in [-0.2, -0.15) is 26.3 Å². The lowest BCUT2D eigenvalue weighted by atomic mass is 9.96. The second-order valence-electron chi connectivity index (χ2n) is 7.34. The van der Waals surface area contributed by atoms with E-state index in [4.69, 9.17) is 0 Å². The van der Waals surface area contributed by atoms with Crippen LogP contribution in [0.4, 0.5) is 32.0 Å². The zero-order valence-electron chi connectivity index (χ0n) is 16.1. The second kappa shape index (κ2) is 8.17. The molecule has 0 saturated carbocycles. The van der Waals surface area contributed by atoms with Crippen LogP contribution in [0.2, 0.25) is 0 Å². The summed E-state index contributed by atoms with van der Waals surface area (Å²) >= 11 is 1.15. The summed E-state index contributed by atoms with van der Waals surface area (Å²) in [6.45, 7) is 3.40. The smallest absolute Gasteiger partial charge is 0.303 e. The van der Waals surface area contributed by atoms with Crippen molar-refractivity contribution in [2.24, 2.45) is 5.92 Å². The molecule has 3 rings (SSSR count). The first-order valence-corrected chi connectivity index (χ1v) is 10.2. The fourth-order valence-corrected chi connectivity index (χ4v) is 4.68. The van der Waals surface area contributed by atoms with Crippen LogP contribution >= 0.6 is 11.8 Å². The molecule has 162 valence electrons. The lowest BCUT2D eigenvalue weighted by Gasteiger charge is -2.38. The van der Waals surface area contributed by atoms with Crippen LogP contribution in [0.5, 0.6) is 0 Å². The lowest BCUT2D eigenvalue weighted by Crippen LogP contribution is -2.41. The van der Waals surface area contributed by atoms with Gasteiger partial charge in [0.05, 0.1) is 11.7 Å². The van der Waals surface area contributed by atoms with Crippen molar-refractivity contribution in [2.45, 2.75) is 43.1 Å². The van der Waals surface area contributed by atoms with E-state index in [9.17, 15) is 31.1 Å². The van der Waals surface area contributed by atoms with Crippen molar-refractivity contribution in [1.82, 2.24) is 0 Å². The van der Waals surface area contributed by atoms with Gasteiger partial charge >= 0.3 is 12.4 Å². The summed E-state index contributed by atoms with van der Waals surface area (Å²) in [5.74, 6) is -3.90. The van der Waals surface area contributed by atoms with E-state index in [0.29, 0.717) is 11.4 Å². The number of thioether (sulfide) groups is 1. The molecule has 0 aromatic heterocycles. The average molecular weight is 447 g/mol. The number of hydrogen-bond donors (Lipinski definition) is 0. The summed E-state index contributed by atoms with van der Waals surface area (Å²) in [6.07, 6.45) is -10.9. The van der Waals surface area contributed by atoms with E-state index < -0.39 is 29.8 Å². The lowest BCUT2D eigenvalue weighted by molar-refractivity contribution is -0.253. The van der Waals surface area contributed by atoms with Gasteiger partial charge in [0.2, 0.25) is 5.91 Å². The number of nitrogens with zero attached hydrogens (tertiary/aromatic N) is 1. The molecule has 9 heteroatoms. The third-order valence-corrected chi connectivity index (χ3v) is 5.98. The summed E-state index contributed by atoms with van der Waals surface area (Å²) in [5, 5.41) is 0. The third kappa shape index (κ3) is 4.45. The second-order valence-corrected chi connectivity index (χ2v) is 8.41. The van der Waals surface area contributed by atoms with Gasteiger partial charge in [-0.05, 0) is 23.3 Å². The Morgan fingerprint density at radius 3 is 2.13 bits per heavy atom. The van der Waals surface area contributed by atoms with Gasteiger partial charge < -0.3 is 4.90 Å². The molecule has 2 nitrogen and oxygen atoms in total. The molecule has 2 aromatic rings. The molecular formula is C21H19F6NOS. The summed E-state index contributed by atoms with van der Waals surface area (Å²) in [5.41, 5.74) is 0.291. The van der Waals surface area contributed by atoms with E-state index in [1.165, 1.54) is 11.0 Å². The number of carbonyl (C=O) groups is 1. The molecule has 0 fully saturated rings. The predicted molar refractivity (Wildman–Crippen MR) is 104 cm³/mol. The maximum Gasteiger partial charge on any atom is 0.404 e. The maximum atomic E-state index is 13.1. The molecule has 1 aliphatic rings. The van der Waals surface area contributed by atoms with E-state index in [1.54, 1.807) is 13.8 Å². The highest BCUT2D eigenvalue weighted by Gasteiger charge is 2.57. The topological polar surface area (TPSA) is 20.3 Å². The molecule has 1 heterocycles. The van der Waals surface area contributed by atoms with Crippen LogP contribution in [-0.2, 0) is 4.79 Å². The molecule has 2 aromatic carbocycles. The van der Waals surface area contributed by atoms with Gasteiger partial charge in [-0.3, -0.25) is 4.79 Å². The van der Waals surface area contributed by atoms with Crippen molar-refractivity contribution in [1.29, 1.82) is 0 Å². The van der Waals surface area contributed by atoms with Crippen LogP contribution in [0.25, 0.3) is 0 Å². The predicted octanol–water partition coefficient (Wildman–Crippen LogP) is 6.73. The van der Waals surface area contributed by atoms with E-state index in [2.05, 4.69) is 0 Å². The average Bonchev–Trinajstić information content (AvgIpc) is 2.64. The SMILES string of the molecule is CC(C)C(=O)N1c2ccc(C(C(F)(F)F)C(F)(F)F)cc2SCC1c1ccccc1. The molecule has 1 amide bonds. The quantitative estimate of drug-likeness (QED) is 0.486. The molecule has 0 bridgehead atoms. The normalized spacial score (nSPS) is 17.4. The van der Waals surface area contributed by atoms with E-state index >= 15 is 0 Å². The summed E-state index contributed by atoms with van der Waals surface area (Å²) in [7, 11) is 0. The molecule has 0 radical (unpaired) electrons. The highest BCUT2D eigenvalue weighted by Crippen LogP contribution is 2.50. The number of benzene rings is 2. The van der Waals surface area contributed by atoms with E-state index in [0.717, 1.165) is 29.5 Å². The Kier molecular flexibility index (Phi) is 6.13.